The molecule has 0 spiro atoms. The van der Waals surface area contributed by atoms with Gasteiger partial charge in [-0.15, -0.1) is 0 Å². The second-order valence-corrected chi connectivity index (χ2v) is 9.51. The van der Waals surface area contributed by atoms with Crippen LogP contribution in [0.15, 0.2) is 59.6 Å². The van der Waals surface area contributed by atoms with Crippen molar-refractivity contribution < 1.29 is 18.0 Å². The Labute approximate surface area is 185 Å². The van der Waals surface area contributed by atoms with E-state index in [1.807, 2.05) is 19.1 Å². The molecule has 4 rings (SSSR count). The van der Waals surface area contributed by atoms with Gasteiger partial charge in [-0.2, -0.15) is 4.31 Å². The highest BCUT2D eigenvalue weighted by Gasteiger charge is 2.31. The quantitative estimate of drug-likeness (QED) is 0.626. The van der Waals surface area contributed by atoms with E-state index in [1.54, 1.807) is 47.5 Å². The fraction of sp³-hybridized carbons (Fsp3) is 0.227. The van der Waals surface area contributed by atoms with Crippen molar-refractivity contribution in [2.45, 2.75) is 11.8 Å². The van der Waals surface area contributed by atoms with Crippen molar-refractivity contribution in [2.24, 2.45) is 5.73 Å². The maximum absolute atomic E-state index is 13.3. The molecule has 2 aromatic carbocycles. The summed E-state index contributed by atoms with van der Waals surface area (Å²) >= 11 is 0. The predicted molar refractivity (Wildman–Crippen MR) is 121 cm³/mol. The number of carbonyl (C=O) groups is 2. The number of benzene rings is 2. The smallest absolute Gasteiger partial charge is 0.316 e. The summed E-state index contributed by atoms with van der Waals surface area (Å²) in [6, 6.07) is 12.7. The van der Waals surface area contributed by atoms with Crippen LogP contribution in [0.4, 0.5) is 10.5 Å². The van der Waals surface area contributed by atoms with Crippen LogP contribution in [0.1, 0.15) is 15.9 Å². The zero-order chi connectivity index (χ0) is 22.9. The van der Waals surface area contributed by atoms with Crippen molar-refractivity contribution in [1.29, 1.82) is 0 Å². The number of nitrogens with two attached hydrogens (primary N) is 1. The fourth-order valence-corrected chi connectivity index (χ4v) is 5.33. The van der Waals surface area contributed by atoms with Gasteiger partial charge in [0.25, 0.3) is 5.91 Å². The highest BCUT2D eigenvalue weighted by atomic mass is 32.2. The lowest BCUT2D eigenvalue weighted by atomic mass is 10.1. The van der Waals surface area contributed by atoms with E-state index < -0.39 is 16.1 Å². The molecular formula is C22H23N5O4S. The number of pyridine rings is 1. The highest BCUT2D eigenvalue weighted by Crippen LogP contribution is 2.26. The number of para-hydroxylation sites is 1. The molecule has 0 atom stereocenters. The van der Waals surface area contributed by atoms with Crippen LogP contribution >= 0.6 is 0 Å². The molecule has 2 heterocycles. The maximum Gasteiger partial charge on any atom is 0.316 e. The molecule has 1 fully saturated rings. The van der Waals surface area contributed by atoms with Gasteiger partial charge in [-0.25, -0.2) is 13.2 Å². The SMILES string of the molecule is Cc1cnc2c(S(=O)(=O)N3CCN(C(=O)c4ccc(NC(N)=O)cc4)CC3)cccc2c1. The minimum Gasteiger partial charge on any atom is -0.351 e. The van der Waals surface area contributed by atoms with Crippen LogP contribution in [0, 0.1) is 6.92 Å². The molecule has 1 aromatic heterocycles. The normalized spacial score (nSPS) is 15.0. The van der Waals surface area contributed by atoms with Crippen LogP contribution < -0.4 is 11.1 Å². The number of urea groups is 1. The Morgan fingerprint density at radius 1 is 1.03 bits per heavy atom. The molecule has 3 amide bonds. The first-order chi connectivity index (χ1) is 15.3. The van der Waals surface area contributed by atoms with E-state index in [9.17, 15) is 18.0 Å². The summed E-state index contributed by atoms with van der Waals surface area (Å²) in [6.07, 6.45) is 1.65. The number of nitrogens with one attached hydrogen (secondary N) is 1. The maximum atomic E-state index is 13.3. The Hall–Kier alpha value is -3.50. The number of primary amides is 1. The topological polar surface area (TPSA) is 126 Å². The zero-order valence-electron chi connectivity index (χ0n) is 17.5. The minimum atomic E-state index is -3.75. The lowest BCUT2D eigenvalue weighted by Crippen LogP contribution is -2.50. The molecule has 0 radical (unpaired) electrons. The second kappa shape index (κ2) is 8.56. The van der Waals surface area contributed by atoms with Crippen molar-refractivity contribution in [3.05, 3.63) is 65.9 Å². The van der Waals surface area contributed by atoms with Crippen LogP contribution in [-0.4, -0.2) is 60.7 Å². The Kier molecular flexibility index (Phi) is 5.81. The molecule has 0 saturated carbocycles. The second-order valence-electron chi connectivity index (χ2n) is 7.60. The van der Waals surface area contributed by atoms with Gasteiger partial charge in [0.2, 0.25) is 10.0 Å². The van der Waals surface area contributed by atoms with Crippen LogP contribution in [0.3, 0.4) is 0 Å². The van der Waals surface area contributed by atoms with E-state index in [2.05, 4.69) is 10.3 Å². The number of carbonyl (C=O) groups excluding carboxylic acids is 2. The molecule has 1 saturated heterocycles. The summed E-state index contributed by atoms with van der Waals surface area (Å²) in [7, 11) is -3.75. The molecule has 166 valence electrons. The Morgan fingerprint density at radius 3 is 2.38 bits per heavy atom. The van der Waals surface area contributed by atoms with E-state index in [0.29, 0.717) is 16.8 Å². The summed E-state index contributed by atoms with van der Waals surface area (Å²) in [4.78, 5) is 29.9. The summed E-state index contributed by atoms with van der Waals surface area (Å²) in [5.74, 6) is -0.199. The number of aromatic nitrogens is 1. The third-order valence-electron chi connectivity index (χ3n) is 5.35. The number of hydrogen-bond acceptors (Lipinski definition) is 5. The van der Waals surface area contributed by atoms with Crippen molar-refractivity contribution in [3.63, 3.8) is 0 Å². The van der Waals surface area contributed by atoms with Gasteiger partial charge >= 0.3 is 6.03 Å². The Morgan fingerprint density at radius 2 is 1.72 bits per heavy atom. The monoisotopic (exact) mass is 453 g/mol. The number of nitrogens with zero attached hydrogens (tertiary/aromatic N) is 3. The first-order valence-electron chi connectivity index (χ1n) is 10.1. The van der Waals surface area contributed by atoms with Gasteiger partial charge in [-0.3, -0.25) is 9.78 Å². The lowest BCUT2D eigenvalue weighted by molar-refractivity contribution is 0.0698. The summed E-state index contributed by atoms with van der Waals surface area (Å²) in [5.41, 5.74) is 7.42. The number of fused-ring (bicyclic) bond motifs is 1. The molecule has 3 N–H and O–H groups in total. The van der Waals surface area contributed by atoms with Crippen LogP contribution in [-0.2, 0) is 10.0 Å². The number of amides is 3. The number of rotatable bonds is 4. The van der Waals surface area contributed by atoms with E-state index in [1.165, 1.54) is 4.31 Å². The zero-order valence-corrected chi connectivity index (χ0v) is 18.3. The van der Waals surface area contributed by atoms with Crippen LogP contribution in [0.25, 0.3) is 10.9 Å². The summed E-state index contributed by atoms with van der Waals surface area (Å²) < 4.78 is 28.0. The largest absolute Gasteiger partial charge is 0.351 e. The Bertz CT molecular complexity index is 1280. The van der Waals surface area contributed by atoms with E-state index in [0.717, 1.165) is 10.9 Å². The first kappa shape index (κ1) is 21.7. The van der Waals surface area contributed by atoms with Gasteiger partial charge in [-0.05, 0) is 48.9 Å². The van der Waals surface area contributed by atoms with Gasteiger partial charge < -0.3 is 16.0 Å². The molecule has 1 aliphatic rings. The van der Waals surface area contributed by atoms with Crippen molar-refractivity contribution in [1.82, 2.24) is 14.2 Å². The average Bonchev–Trinajstić information content (AvgIpc) is 2.78. The van der Waals surface area contributed by atoms with Crippen molar-refractivity contribution in [2.75, 3.05) is 31.5 Å². The lowest BCUT2D eigenvalue weighted by Gasteiger charge is -2.34. The third kappa shape index (κ3) is 4.27. The standard InChI is InChI=1S/C22H23N5O4S/c1-15-13-17-3-2-4-19(20(17)24-14-15)32(30,31)27-11-9-26(10-12-27)21(28)16-5-7-18(8-6-16)25-22(23)29/h2-8,13-14H,9-12H2,1H3,(H3,23,25,29). The molecular weight excluding hydrogens is 430 g/mol. The van der Waals surface area contributed by atoms with Crippen LogP contribution in [0.2, 0.25) is 0 Å². The van der Waals surface area contributed by atoms with Crippen molar-refractivity contribution >= 4 is 38.6 Å². The molecule has 32 heavy (non-hydrogen) atoms. The number of sulfonamides is 1. The van der Waals surface area contributed by atoms with E-state index in [-0.39, 0.29) is 37.0 Å². The fourth-order valence-electron chi connectivity index (χ4n) is 3.74. The predicted octanol–water partition coefficient (Wildman–Crippen LogP) is 2.18. The van der Waals surface area contributed by atoms with Gasteiger partial charge in [0.1, 0.15) is 4.90 Å². The van der Waals surface area contributed by atoms with E-state index in [4.69, 9.17) is 5.73 Å². The van der Waals surface area contributed by atoms with Crippen molar-refractivity contribution in [3.8, 4) is 0 Å². The molecule has 1 aliphatic heterocycles. The molecule has 3 aromatic rings. The Balaban J connectivity index is 1.47. The molecule has 10 heteroatoms. The van der Waals surface area contributed by atoms with Gasteiger partial charge in [0, 0.05) is 49.0 Å². The third-order valence-corrected chi connectivity index (χ3v) is 7.28. The summed E-state index contributed by atoms with van der Waals surface area (Å²) in [5, 5.41) is 3.21. The first-order valence-corrected chi connectivity index (χ1v) is 11.5. The molecule has 9 nitrogen and oxygen atoms in total. The summed E-state index contributed by atoms with van der Waals surface area (Å²) in [6.45, 7) is 2.84. The number of aryl methyl sites for hydroxylation is 1. The number of anilines is 1. The molecule has 0 aliphatic carbocycles. The van der Waals surface area contributed by atoms with Gasteiger partial charge in [0.05, 0.1) is 5.52 Å². The van der Waals surface area contributed by atoms with Gasteiger partial charge in [-0.1, -0.05) is 12.1 Å². The van der Waals surface area contributed by atoms with E-state index >= 15 is 0 Å². The number of piperazine rings is 1. The average molecular weight is 454 g/mol. The molecule has 0 bridgehead atoms. The van der Waals surface area contributed by atoms with Crippen LogP contribution in [0.5, 0.6) is 0 Å². The van der Waals surface area contributed by atoms with Gasteiger partial charge in [0.15, 0.2) is 0 Å². The molecule has 0 unspecified atom stereocenters. The number of hydrogen-bond donors (Lipinski definition) is 2. The highest BCUT2D eigenvalue weighted by molar-refractivity contribution is 7.89. The minimum absolute atomic E-state index is 0.173.